The minimum Gasteiger partial charge on any atom is -0.271 e. The Morgan fingerprint density at radius 2 is 2.13 bits per heavy atom. The highest BCUT2D eigenvalue weighted by Crippen LogP contribution is 2.35. The summed E-state index contributed by atoms with van der Waals surface area (Å²) < 4.78 is 29.4. The molecule has 0 radical (unpaired) electrons. The summed E-state index contributed by atoms with van der Waals surface area (Å²) in [5, 5.41) is 13.3. The fourth-order valence-corrected chi connectivity index (χ4v) is 4.77. The maximum atomic E-state index is 13.1. The van der Waals surface area contributed by atoms with E-state index in [9.17, 15) is 8.42 Å². The molecule has 0 aliphatic carbocycles. The van der Waals surface area contributed by atoms with Crippen molar-refractivity contribution >= 4 is 10.0 Å². The maximum Gasteiger partial charge on any atom is 0.246 e. The molecule has 0 saturated carbocycles. The second-order valence-electron chi connectivity index (χ2n) is 5.47. The molecule has 1 unspecified atom stereocenters. The van der Waals surface area contributed by atoms with Crippen LogP contribution in [0.1, 0.15) is 36.7 Å². The number of sulfonamides is 1. The third kappa shape index (κ3) is 2.73. The highest BCUT2D eigenvalue weighted by molar-refractivity contribution is 7.89. The van der Waals surface area contributed by atoms with E-state index in [1.165, 1.54) is 22.6 Å². The van der Waals surface area contributed by atoms with Gasteiger partial charge in [-0.25, -0.2) is 13.4 Å². The number of pyridine rings is 1. The van der Waals surface area contributed by atoms with Gasteiger partial charge in [-0.15, -0.1) is 0 Å². The minimum absolute atomic E-state index is 0.0310. The van der Waals surface area contributed by atoms with Crippen LogP contribution < -0.4 is 0 Å². The highest BCUT2D eigenvalue weighted by Gasteiger charge is 2.37. The quantitative estimate of drug-likeness (QED) is 0.852. The lowest BCUT2D eigenvalue weighted by molar-refractivity contribution is 0.246. The zero-order chi connectivity index (χ0) is 16.4. The molecule has 3 rings (SSSR count). The molecule has 8 heteroatoms. The molecule has 0 aromatic carbocycles. The van der Waals surface area contributed by atoms with Crippen molar-refractivity contribution in [2.24, 2.45) is 7.05 Å². The van der Waals surface area contributed by atoms with Crippen molar-refractivity contribution in [3.63, 3.8) is 0 Å². The van der Waals surface area contributed by atoms with Crippen LogP contribution in [0.25, 0.3) is 0 Å². The summed E-state index contributed by atoms with van der Waals surface area (Å²) in [5.74, 6) is 0. The summed E-state index contributed by atoms with van der Waals surface area (Å²) in [4.78, 5) is 3.85. The van der Waals surface area contributed by atoms with Crippen LogP contribution in [0.4, 0.5) is 0 Å². The van der Waals surface area contributed by atoms with Gasteiger partial charge in [0.2, 0.25) is 10.0 Å². The normalized spacial score (nSPS) is 19.4. The number of piperidine rings is 1. The standard InChI is InChI=1S/C15H17N5O2S/c1-19-13(7-9-18-19)14-5-2-3-10-20(14)23(21,22)15-6-4-8-17-12(15)11-16/h4,6-9,14H,2-3,5,10H2,1H3. The van der Waals surface area contributed by atoms with Crippen molar-refractivity contribution in [3.8, 4) is 6.07 Å². The predicted molar refractivity (Wildman–Crippen MR) is 82.6 cm³/mol. The second kappa shape index (κ2) is 6.10. The van der Waals surface area contributed by atoms with Gasteiger partial charge >= 0.3 is 0 Å². The lowest BCUT2D eigenvalue weighted by atomic mass is 10.0. The van der Waals surface area contributed by atoms with Crippen LogP contribution in [0.15, 0.2) is 35.5 Å². The van der Waals surface area contributed by atoms with Gasteiger partial charge < -0.3 is 0 Å². The first-order valence-electron chi connectivity index (χ1n) is 7.40. The molecule has 1 fully saturated rings. The number of aryl methyl sites for hydroxylation is 1. The Labute approximate surface area is 135 Å². The second-order valence-corrected chi connectivity index (χ2v) is 7.33. The Bertz CT molecular complexity index is 853. The highest BCUT2D eigenvalue weighted by atomic mass is 32.2. The molecule has 2 aromatic rings. The topological polar surface area (TPSA) is 91.9 Å². The first-order chi connectivity index (χ1) is 11.1. The van der Waals surface area contributed by atoms with E-state index in [-0.39, 0.29) is 16.6 Å². The van der Waals surface area contributed by atoms with E-state index < -0.39 is 10.0 Å². The Morgan fingerprint density at radius 1 is 1.30 bits per heavy atom. The molecule has 1 aliphatic rings. The third-order valence-electron chi connectivity index (χ3n) is 4.12. The van der Waals surface area contributed by atoms with Crippen LogP contribution >= 0.6 is 0 Å². The maximum absolute atomic E-state index is 13.1. The van der Waals surface area contributed by atoms with Gasteiger partial charge in [0.1, 0.15) is 11.0 Å². The van der Waals surface area contributed by atoms with E-state index >= 15 is 0 Å². The van der Waals surface area contributed by atoms with Crippen molar-refractivity contribution in [3.05, 3.63) is 42.0 Å². The minimum atomic E-state index is -3.79. The molecule has 3 heterocycles. The molecule has 7 nitrogen and oxygen atoms in total. The predicted octanol–water partition coefficient (Wildman–Crippen LogP) is 1.60. The summed E-state index contributed by atoms with van der Waals surface area (Å²) >= 11 is 0. The lowest BCUT2D eigenvalue weighted by Crippen LogP contribution is -2.39. The largest absolute Gasteiger partial charge is 0.271 e. The molecule has 1 saturated heterocycles. The Kier molecular flexibility index (Phi) is 4.15. The monoisotopic (exact) mass is 331 g/mol. The molecule has 0 amide bonds. The molecular formula is C15H17N5O2S. The van der Waals surface area contributed by atoms with E-state index in [0.717, 1.165) is 25.0 Å². The molecular weight excluding hydrogens is 314 g/mol. The zero-order valence-corrected chi connectivity index (χ0v) is 13.6. The Hall–Kier alpha value is -2.24. The van der Waals surface area contributed by atoms with Gasteiger partial charge in [0.25, 0.3) is 0 Å². The fourth-order valence-electron chi connectivity index (χ4n) is 3.01. The van der Waals surface area contributed by atoms with Crippen LogP contribution in [0, 0.1) is 11.3 Å². The van der Waals surface area contributed by atoms with E-state index in [1.807, 2.05) is 12.1 Å². The Balaban J connectivity index is 2.07. The fraction of sp³-hybridized carbons (Fsp3) is 0.400. The molecule has 0 spiro atoms. The summed E-state index contributed by atoms with van der Waals surface area (Å²) in [5.41, 5.74) is 0.789. The number of hydrogen-bond donors (Lipinski definition) is 0. The molecule has 23 heavy (non-hydrogen) atoms. The van der Waals surface area contributed by atoms with Crippen LogP contribution in [-0.2, 0) is 17.1 Å². The first kappa shape index (κ1) is 15.6. The molecule has 0 N–H and O–H groups in total. The number of nitrogens with zero attached hydrogens (tertiary/aromatic N) is 5. The van der Waals surface area contributed by atoms with Crippen molar-refractivity contribution in [2.45, 2.75) is 30.2 Å². The number of rotatable bonds is 3. The van der Waals surface area contributed by atoms with Crippen molar-refractivity contribution in [2.75, 3.05) is 6.54 Å². The molecule has 120 valence electrons. The number of hydrogen-bond acceptors (Lipinski definition) is 5. The first-order valence-corrected chi connectivity index (χ1v) is 8.84. The van der Waals surface area contributed by atoms with Crippen molar-refractivity contribution in [1.82, 2.24) is 19.1 Å². The Morgan fingerprint density at radius 3 is 2.83 bits per heavy atom. The third-order valence-corrected chi connectivity index (χ3v) is 6.06. The van der Waals surface area contributed by atoms with Crippen LogP contribution in [0.2, 0.25) is 0 Å². The van der Waals surface area contributed by atoms with Gasteiger partial charge in [0, 0.05) is 26.0 Å². The van der Waals surface area contributed by atoms with Crippen LogP contribution in [0.5, 0.6) is 0 Å². The zero-order valence-electron chi connectivity index (χ0n) is 12.8. The van der Waals surface area contributed by atoms with Gasteiger partial charge in [-0.1, -0.05) is 6.42 Å². The van der Waals surface area contributed by atoms with Crippen LogP contribution in [0.3, 0.4) is 0 Å². The molecule has 2 aromatic heterocycles. The van der Waals surface area contributed by atoms with E-state index in [2.05, 4.69) is 10.1 Å². The van der Waals surface area contributed by atoms with E-state index in [0.29, 0.717) is 6.54 Å². The van der Waals surface area contributed by atoms with Gasteiger partial charge in [0.05, 0.1) is 11.7 Å². The SMILES string of the molecule is Cn1nccc1C1CCCCN1S(=O)(=O)c1cccnc1C#N. The number of nitriles is 1. The molecule has 0 bridgehead atoms. The van der Waals surface area contributed by atoms with Gasteiger partial charge in [-0.05, 0) is 31.0 Å². The van der Waals surface area contributed by atoms with E-state index in [4.69, 9.17) is 5.26 Å². The average Bonchev–Trinajstić information content (AvgIpc) is 3.00. The molecule has 1 aliphatic heterocycles. The van der Waals surface area contributed by atoms with Gasteiger partial charge in [0.15, 0.2) is 5.69 Å². The van der Waals surface area contributed by atoms with E-state index in [1.54, 1.807) is 17.9 Å². The van der Waals surface area contributed by atoms with Crippen molar-refractivity contribution in [1.29, 1.82) is 5.26 Å². The van der Waals surface area contributed by atoms with Crippen molar-refractivity contribution < 1.29 is 8.42 Å². The molecule has 1 atom stereocenters. The van der Waals surface area contributed by atoms with Gasteiger partial charge in [-0.2, -0.15) is 14.7 Å². The summed E-state index contributed by atoms with van der Waals surface area (Å²) in [6.07, 6.45) is 5.59. The summed E-state index contributed by atoms with van der Waals surface area (Å²) in [6, 6.07) is 6.42. The summed E-state index contributed by atoms with van der Waals surface area (Å²) in [7, 11) is -1.98. The van der Waals surface area contributed by atoms with Gasteiger partial charge in [-0.3, -0.25) is 4.68 Å². The lowest BCUT2D eigenvalue weighted by Gasteiger charge is -2.34. The summed E-state index contributed by atoms with van der Waals surface area (Å²) in [6.45, 7) is 0.429. The van der Waals surface area contributed by atoms with Crippen LogP contribution in [-0.4, -0.2) is 34.0 Å². The average molecular weight is 331 g/mol. The number of aromatic nitrogens is 3. The smallest absolute Gasteiger partial charge is 0.246 e.